The monoisotopic (exact) mass is 323 g/mol. The summed E-state index contributed by atoms with van der Waals surface area (Å²) in [6.07, 6.45) is 0.965. The van der Waals surface area contributed by atoms with E-state index in [2.05, 4.69) is 5.10 Å². The van der Waals surface area contributed by atoms with Gasteiger partial charge in [-0.2, -0.15) is 5.10 Å². The van der Waals surface area contributed by atoms with E-state index in [9.17, 15) is 9.90 Å². The fourth-order valence-corrected chi connectivity index (χ4v) is 2.22. The summed E-state index contributed by atoms with van der Waals surface area (Å²) in [5, 5.41) is 14.5. The van der Waals surface area contributed by atoms with Crippen LogP contribution in [-0.4, -0.2) is 59.1 Å². The third kappa shape index (κ3) is 4.07. The van der Waals surface area contributed by atoms with Crippen LogP contribution in [0.3, 0.4) is 0 Å². The summed E-state index contributed by atoms with van der Waals surface area (Å²) in [5.41, 5.74) is 1.07. The highest BCUT2D eigenvalue weighted by molar-refractivity contribution is 6.30. The average Bonchev–Trinajstić information content (AvgIpc) is 2.96. The molecule has 6 nitrogen and oxygen atoms in total. The molecule has 1 atom stereocenters. The first-order valence-electron chi connectivity index (χ1n) is 6.75. The number of aliphatic hydroxyl groups excluding tert-OH is 1. The lowest BCUT2D eigenvalue weighted by Gasteiger charge is -2.19. The minimum absolute atomic E-state index is 0.175. The molecule has 1 aromatic carbocycles. The van der Waals surface area contributed by atoms with Crippen LogP contribution in [0.1, 0.15) is 10.5 Å². The second kappa shape index (κ2) is 7.40. The summed E-state index contributed by atoms with van der Waals surface area (Å²) in [6.45, 7) is 0.352. The number of methoxy groups -OCH3 is 1. The molecule has 0 saturated carbocycles. The second-order valence-corrected chi connectivity index (χ2v) is 5.36. The fraction of sp³-hybridized carbons (Fsp3) is 0.333. The van der Waals surface area contributed by atoms with Gasteiger partial charge in [-0.25, -0.2) is 4.68 Å². The summed E-state index contributed by atoms with van der Waals surface area (Å²) >= 11 is 5.95. The number of ether oxygens (including phenoxy) is 1. The van der Waals surface area contributed by atoms with Crippen LogP contribution in [-0.2, 0) is 4.74 Å². The standard InChI is InChI=1S/C15H18ClN3O3/c1-18(9-13(20)10-22-2)15(21)14-6-7-19(17-14)12-5-3-4-11(16)8-12/h3-8,13,20H,9-10H2,1-2H3. The second-order valence-electron chi connectivity index (χ2n) is 4.92. The molecule has 0 aliphatic heterocycles. The molecule has 0 spiro atoms. The van der Waals surface area contributed by atoms with Gasteiger partial charge in [0.25, 0.3) is 5.91 Å². The quantitative estimate of drug-likeness (QED) is 0.877. The molecule has 2 rings (SSSR count). The Hall–Kier alpha value is -1.89. The predicted molar refractivity (Wildman–Crippen MR) is 83.4 cm³/mol. The van der Waals surface area contributed by atoms with E-state index < -0.39 is 6.10 Å². The molecule has 0 bridgehead atoms. The van der Waals surface area contributed by atoms with Gasteiger partial charge >= 0.3 is 0 Å². The van der Waals surface area contributed by atoms with Gasteiger partial charge in [0.2, 0.25) is 0 Å². The van der Waals surface area contributed by atoms with Crippen LogP contribution in [0, 0.1) is 0 Å². The molecular formula is C15H18ClN3O3. The molecule has 0 fully saturated rings. The number of halogens is 1. The van der Waals surface area contributed by atoms with Crippen molar-refractivity contribution in [3.63, 3.8) is 0 Å². The Morgan fingerprint density at radius 1 is 1.50 bits per heavy atom. The maximum absolute atomic E-state index is 12.3. The van der Waals surface area contributed by atoms with E-state index in [1.807, 2.05) is 12.1 Å². The molecule has 2 aromatic rings. The number of aromatic nitrogens is 2. The van der Waals surface area contributed by atoms with Crippen molar-refractivity contribution < 1.29 is 14.6 Å². The number of likely N-dealkylation sites (N-methyl/N-ethyl adjacent to an activating group) is 1. The number of hydrogen-bond donors (Lipinski definition) is 1. The van der Waals surface area contributed by atoms with Crippen molar-refractivity contribution >= 4 is 17.5 Å². The Labute approximate surface area is 133 Å². The number of benzene rings is 1. The smallest absolute Gasteiger partial charge is 0.274 e. The molecule has 22 heavy (non-hydrogen) atoms. The van der Waals surface area contributed by atoms with Crippen molar-refractivity contribution in [1.29, 1.82) is 0 Å². The van der Waals surface area contributed by atoms with Crippen LogP contribution in [0.15, 0.2) is 36.5 Å². The molecule has 0 aliphatic rings. The van der Waals surface area contributed by atoms with Crippen molar-refractivity contribution in [3.05, 3.63) is 47.2 Å². The fourth-order valence-electron chi connectivity index (χ4n) is 2.04. The first-order chi connectivity index (χ1) is 10.5. The van der Waals surface area contributed by atoms with Crippen LogP contribution >= 0.6 is 11.6 Å². The summed E-state index contributed by atoms with van der Waals surface area (Å²) in [6, 6.07) is 8.82. The number of hydrogen-bond acceptors (Lipinski definition) is 4. The van der Waals surface area contributed by atoms with Crippen molar-refractivity contribution in [1.82, 2.24) is 14.7 Å². The van der Waals surface area contributed by atoms with Gasteiger partial charge in [0.1, 0.15) is 0 Å². The molecule has 1 N–H and O–H groups in total. The Bertz CT molecular complexity index is 644. The Morgan fingerprint density at radius 3 is 2.95 bits per heavy atom. The van der Waals surface area contributed by atoms with Gasteiger partial charge in [0, 0.05) is 31.9 Å². The van der Waals surface area contributed by atoms with Crippen molar-refractivity contribution in [3.8, 4) is 5.69 Å². The van der Waals surface area contributed by atoms with Crippen molar-refractivity contribution in [2.45, 2.75) is 6.10 Å². The number of carbonyl (C=O) groups is 1. The van der Waals surface area contributed by atoms with E-state index in [-0.39, 0.29) is 19.1 Å². The van der Waals surface area contributed by atoms with Gasteiger partial charge in [-0.3, -0.25) is 4.79 Å². The zero-order valence-corrected chi connectivity index (χ0v) is 13.2. The molecule has 1 heterocycles. The molecule has 118 valence electrons. The van der Waals surface area contributed by atoms with Gasteiger partial charge in [-0.15, -0.1) is 0 Å². The normalized spacial score (nSPS) is 12.2. The summed E-state index contributed by atoms with van der Waals surface area (Å²) < 4.78 is 6.42. The zero-order valence-electron chi connectivity index (χ0n) is 12.4. The number of carbonyl (C=O) groups excluding carboxylic acids is 1. The lowest BCUT2D eigenvalue weighted by molar-refractivity contribution is 0.0377. The lowest BCUT2D eigenvalue weighted by Crippen LogP contribution is -2.36. The third-order valence-corrected chi connectivity index (χ3v) is 3.31. The molecule has 0 radical (unpaired) electrons. The highest BCUT2D eigenvalue weighted by Gasteiger charge is 2.18. The Morgan fingerprint density at radius 2 is 2.27 bits per heavy atom. The number of amides is 1. The van der Waals surface area contributed by atoms with E-state index >= 15 is 0 Å². The molecule has 1 unspecified atom stereocenters. The van der Waals surface area contributed by atoms with Crippen LogP contribution in [0.5, 0.6) is 0 Å². The van der Waals surface area contributed by atoms with E-state index in [1.54, 1.807) is 36.1 Å². The maximum atomic E-state index is 12.3. The summed E-state index contributed by atoms with van der Waals surface area (Å²) in [7, 11) is 3.11. The molecule has 1 amide bonds. The minimum atomic E-state index is -0.728. The first kappa shape index (κ1) is 16.5. The van der Waals surface area contributed by atoms with Crippen LogP contribution in [0.25, 0.3) is 5.69 Å². The molecule has 7 heteroatoms. The van der Waals surface area contributed by atoms with Crippen molar-refractivity contribution in [2.75, 3.05) is 27.3 Å². The Kier molecular flexibility index (Phi) is 5.54. The van der Waals surface area contributed by atoms with Crippen LogP contribution in [0.2, 0.25) is 5.02 Å². The minimum Gasteiger partial charge on any atom is -0.389 e. The average molecular weight is 324 g/mol. The number of nitrogens with zero attached hydrogens (tertiary/aromatic N) is 3. The largest absolute Gasteiger partial charge is 0.389 e. The zero-order chi connectivity index (χ0) is 16.1. The highest BCUT2D eigenvalue weighted by Crippen LogP contribution is 2.14. The number of rotatable bonds is 6. The van der Waals surface area contributed by atoms with Gasteiger partial charge < -0.3 is 14.7 Å². The molecule has 1 aromatic heterocycles. The van der Waals surface area contributed by atoms with Gasteiger partial charge in [0.15, 0.2) is 5.69 Å². The topological polar surface area (TPSA) is 67.6 Å². The first-order valence-corrected chi connectivity index (χ1v) is 7.13. The van der Waals surface area contributed by atoms with Crippen LogP contribution in [0.4, 0.5) is 0 Å². The highest BCUT2D eigenvalue weighted by atomic mass is 35.5. The van der Waals surface area contributed by atoms with E-state index in [0.717, 1.165) is 5.69 Å². The summed E-state index contributed by atoms with van der Waals surface area (Å²) in [4.78, 5) is 13.7. The SMILES string of the molecule is COCC(O)CN(C)C(=O)c1ccn(-c2cccc(Cl)c2)n1. The Balaban J connectivity index is 2.09. The third-order valence-electron chi connectivity index (χ3n) is 3.07. The van der Waals surface area contributed by atoms with Gasteiger partial charge in [-0.05, 0) is 24.3 Å². The van der Waals surface area contributed by atoms with Crippen LogP contribution < -0.4 is 0 Å². The maximum Gasteiger partial charge on any atom is 0.274 e. The lowest BCUT2D eigenvalue weighted by atomic mass is 10.3. The van der Waals surface area contributed by atoms with E-state index in [1.165, 1.54) is 12.0 Å². The van der Waals surface area contributed by atoms with Crippen molar-refractivity contribution in [2.24, 2.45) is 0 Å². The summed E-state index contributed by atoms with van der Waals surface area (Å²) in [5.74, 6) is -0.268. The van der Waals surface area contributed by atoms with E-state index in [4.69, 9.17) is 16.3 Å². The van der Waals surface area contributed by atoms with Gasteiger partial charge in [-0.1, -0.05) is 17.7 Å². The molecular weight excluding hydrogens is 306 g/mol. The molecule has 0 aliphatic carbocycles. The van der Waals surface area contributed by atoms with Gasteiger partial charge in [0.05, 0.1) is 18.4 Å². The predicted octanol–water partition coefficient (Wildman–Crippen LogP) is 1.60. The molecule has 0 saturated heterocycles. The van der Waals surface area contributed by atoms with E-state index in [0.29, 0.717) is 10.7 Å². The number of aliphatic hydroxyl groups is 1.